The summed E-state index contributed by atoms with van der Waals surface area (Å²) < 4.78 is 26.1. The molecule has 0 amide bonds. The molecule has 0 radical (unpaired) electrons. The van der Waals surface area contributed by atoms with E-state index in [1.165, 1.54) is 29.0 Å². The largest absolute Gasteiger partial charge is 0.367 e. The summed E-state index contributed by atoms with van der Waals surface area (Å²) in [6.07, 6.45) is 2.41. The minimum absolute atomic E-state index is 0.259. The summed E-state index contributed by atoms with van der Waals surface area (Å²) >= 11 is 1.96. The van der Waals surface area contributed by atoms with Gasteiger partial charge in [-0.15, -0.1) is 11.8 Å². The van der Waals surface area contributed by atoms with E-state index in [0.29, 0.717) is 25.2 Å². The van der Waals surface area contributed by atoms with E-state index in [4.69, 9.17) is 9.47 Å². The second-order valence-electron chi connectivity index (χ2n) is 8.81. The fraction of sp³-hybridized carbons (Fsp3) is 0.500. The number of thioether (sulfide) groups is 1. The average molecular weight is 427 g/mol. The molecule has 0 aromatic heterocycles. The summed E-state index contributed by atoms with van der Waals surface area (Å²) in [4.78, 5) is 4.04. The van der Waals surface area contributed by atoms with Gasteiger partial charge >= 0.3 is 0 Å². The van der Waals surface area contributed by atoms with Crippen LogP contribution in [0, 0.1) is 5.82 Å². The van der Waals surface area contributed by atoms with Crippen LogP contribution in [-0.4, -0.2) is 44.6 Å². The number of nitrogens with zero attached hydrogens (tertiary/aromatic N) is 1. The van der Waals surface area contributed by atoms with Crippen molar-refractivity contribution >= 4 is 17.4 Å². The SMILES string of the molecule is CC1(c2cc(F)ccc2-c2cc3c4c(c2)[C@@H]2CNCC[C@@H]2N4CCCS3)OCCO1. The molecule has 0 unspecified atom stereocenters. The third-order valence-corrected chi connectivity index (χ3v) is 8.17. The number of anilines is 1. The van der Waals surface area contributed by atoms with E-state index in [-0.39, 0.29) is 5.82 Å². The highest BCUT2D eigenvalue weighted by molar-refractivity contribution is 7.99. The number of hydrogen-bond donors (Lipinski definition) is 1. The Morgan fingerprint density at radius 1 is 1.20 bits per heavy atom. The predicted octanol–water partition coefficient (Wildman–Crippen LogP) is 4.47. The molecule has 0 bridgehead atoms. The van der Waals surface area contributed by atoms with Gasteiger partial charge in [-0.2, -0.15) is 0 Å². The lowest BCUT2D eigenvalue weighted by atomic mass is 9.87. The average Bonchev–Trinajstić information content (AvgIpc) is 3.26. The summed E-state index contributed by atoms with van der Waals surface area (Å²) in [6, 6.07) is 10.3. The summed E-state index contributed by atoms with van der Waals surface area (Å²) in [6.45, 7) is 6.23. The topological polar surface area (TPSA) is 33.7 Å². The van der Waals surface area contributed by atoms with Crippen LogP contribution in [0.4, 0.5) is 10.1 Å². The van der Waals surface area contributed by atoms with Crippen LogP contribution in [-0.2, 0) is 15.3 Å². The molecule has 4 heterocycles. The lowest BCUT2D eigenvalue weighted by Gasteiger charge is -2.33. The van der Waals surface area contributed by atoms with Crippen molar-refractivity contribution in [1.82, 2.24) is 5.32 Å². The van der Waals surface area contributed by atoms with Gasteiger partial charge in [-0.3, -0.25) is 0 Å². The second kappa shape index (κ2) is 7.23. The Balaban J connectivity index is 1.53. The van der Waals surface area contributed by atoms with Crippen molar-refractivity contribution in [2.45, 2.75) is 42.4 Å². The number of hydrogen-bond acceptors (Lipinski definition) is 5. The van der Waals surface area contributed by atoms with Gasteiger partial charge in [0.1, 0.15) is 5.82 Å². The molecule has 1 N–H and O–H groups in total. The molecule has 4 aliphatic heterocycles. The van der Waals surface area contributed by atoms with Crippen LogP contribution in [0.1, 0.15) is 36.8 Å². The lowest BCUT2D eigenvalue weighted by Crippen LogP contribution is -2.44. The van der Waals surface area contributed by atoms with Crippen LogP contribution >= 0.6 is 11.8 Å². The van der Waals surface area contributed by atoms with Crippen LogP contribution in [0.5, 0.6) is 0 Å². The Bertz CT molecular complexity index is 991. The van der Waals surface area contributed by atoms with E-state index >= 15 is 0 Å². The molecule has 2 atom stereocenters. The minimum atomic E-state index is -0.904. The van der Waals surface area contributed by atoms with Gasteiger partial charge in [0.25, 0.3) is 0 Å². The molecular formula is C24H27FN2O2S. The standard InChI is InChI=1S/C24H27FN2O2S/c1-24(28-8-9-29-24)20-13-16(25)3-4-17(20)15-11-18-19-14-26-6-5-21(19)27-7-2-10-30-22(12-15)23(18)27/h3-4,11-13,19,21,26H,2,5-10,14H2,1H3/t19-,21-/m0/s1. The van der Waals surface area contributed by atoms with Gasteiger partial charge in [-0.05, 0) is 73.0 Å². The second-order valence-corrected chi connectivity index (χ2v) is 9.94. The molecule has 2 aromatic carbocycles. The highest BCUT2D eigenvalue weighted by Gasteiger charge is 2.42. The zero-order chi connectivity index (χ0) is 20.3. The lowest BCUT2D eigenvalue weighted by molar-refractivity contribution is -0.149. The Hall–Kier alpha value is -1.60. The maximum Gasteiger partial charge on any atom is 0.192 e. The number of fused-ring (bicyclic) bond motifs is 3. The fourth-order valence-electron chi connectivity index (χ4n) is 5.69. The van der Waals surface area contributed by atoms with Crippen molar-refractivity contribution in [3.8, 4) is 11.1 Å². The van der Waals surface area contributed by atoms with Gasteiger partial charge in [-0.25, -0.2) is 4.39 Å². The summed E-state index contributed by atoms with van der Waals surface area (Å²) in [5, 5.41) is 3.60. The highest BCUT2D eigenvalue weighted by Crippen LogP contribution is 2.51. The first-order valence-electron chi connectivity index (χ1n) is 11.0. The van der Waals surface area contributed by atoms with Gasteiger partial charge in [0, 0.05) is 35.5 Å². The number of nitrogens with one attached hydrogen (secondary N) is 1. The third kappa shape index (κ3) is 2.92. The molecule has 4 aliphatic rings. The van der Waals surface area contributed by atoms with Gasteiger partial charge in [0.05, 0.1) is 18.9 Å². The van der Waals surface area contributed by atoms with E-state index < -0.39 is 5.79 Å². The minimum Gasteiger partial charge on any atom is -0.367 e. The van der Waals surface area contributed by atoms with Crippen LogP contribution in [0.2, 0.25) is 0 Å². The van der Waals surface area contributed by atoms with Gasteiger partial charge in [-0.1, -0.05) is 6.07 Å². The number of benzene rings is 2. The Morgan fingerprint density at radius 2 is 2.07 bits per heavy atom. The highest BCUT2D eigenvalue weighted by atomic mass is 32.2. The van der Waals surface area contributed by atoms with E-state index in [0.717, 1.165) is 42.1 Å². The van der Waals surface area contributed by atoms with Gasteiger partial charge in [0.2, 0.25) is 0 Å². The molecule has 2 saturated heterocycles. The summed E-state index contributed by atoms with van der Waals surface area (Å²) in [5.41, 5.74) is 5.81. The summed E-state index contributed by atoms with van der Waals surface area (Å²) in [7, 11) is 0. The normalized spacial score (nSPS) is 26.9. The molecule has 0 spiro atoms. The first-order chi connectivity index (χ1) is 14.6. The molecule has 6 heteroatoms. The Kier molecular flexibility index (Phi) is 4.61. The molecule has 0 saturated carbocycles. The van der Waals surface area contributed by atoms with E-state index in [9.17, 15) is 4.39 Å². The summed E-state index contributed by atoms with van der Waals surface area (Å²) in [5.74, 6) is 0.496. The first kappa shape index (κ1) is 19.1. The maximum atomic E-state index is 14.3. The molecule has 30 heavy (non-hydrogen) atoms. The zero-order valence-corrected chi connectivity index (χ0v) is 18.1. The number of piperidine rings is 1. The zero-order valence-electron chi connectivity index (χ0n) is 17.2. The van der Waals surface area contributed by atoms with Gasteiger partial charge < -0.3 is 19.7 Å². The molecule has 2 aromatic rings. The molecule has 158 valence electrons. The van der Waals surface area contributed by atoms with Crippen LogP contribution in [0.15, 0.2) is 35.2 Å². The molecule has 6 rings (SSSR count). The fourth-order valence-corrected chi connectivity index (χ4v) is 6.77. The number of halogens is 1. The quantitative estimate of drug-likeness (QED) is 0.766. The molecule has 0 aliphatic carbocycles. The third-order valence-electron chi connectivity index (χ3n) is 7.06. The Morgan fingerprint density at radius 3 is 2.93 bits per heavy atom. The van der Waals surface area contributed by atoms with Crippen molar-refractivity contribution in [3.05, 3.63) is 47.3 Å². The van der Waals surface area contributed by atoms with Crippen molar-refractivity contribution in [2.24, 2.45) is 0 Å². The monoisotopic (exact) mass is 426 g/mol. The van der Waals surface area contributed by atoms with Crippen LogP contribution in [0.3, 0.4) is 0 Å². The molecule has 4 nitrogen and oxygen atoms in total. The molecule has 2 fully saturated rings. The Labute approximate surface area is 181 Å². The van der Waals surface area contributed by atoms with Crippen molar-refractivity contribution in [3.63, 3.8) is 0 Å². The van der Waals surface area contributed by atoms with Gasteiger partial charge in [0.15, 0.2) is 5.79 Å². The maximum absolute atomic E-state index is 14.3. The van der Waals surface area contributed by atoms with Crippen molar-refractivity contribution in [1.29, 1.82) is 0 Å². The number of ether oxygens (including phenoxy) is 2. The van der Waals surface area contributed by atoms with Crippen molar-refractivity contribution in [2.75, 3.05) is 43.5 Å². The van der Waals surface area contributed by atoms with E-state index in [1.54, 1.807) is 12.1 Å². The smallest absolute Gasteiger partial charge is 0.192 e. The number of rotatable bonds is 2. The predicted molar refractivity (Wildman–Crippen MR) is 118 cm³/mol. The first-order valence-corrected chi connectivity index (χ1v) is 12.0. The van der Waals surface area contributed by atoms with Crippen LogP contribution in [0.25, 0.3) is 11.1 Å². The van der Waals surface area contributed by atoms with Crippen LogP contribution < -0.4 is 10.2 Å². The van der Waals surface area contributed by atoms with E-state index in [1.807, 2.05) is 24.8 Å². The molecular weight excluding hydrogens is 399 g/mol. The van der Waals surface area contributed by atoms with E-state index in [2.05, 4.69) is 22.3 Å². The van der Waals surface area contributed by atoms with Crippen molar-refractivity contribution < 1.29 is 13.9 Å².